The van der Waals surface area contributed by atoms with Crippen LogP contribution in [0.3, 0.4) is 0 Å². The highest BCUT2D eigenvalue weighted by Crippen LogP contribution is 2.26. The lowest BCUT2D eigenvalue weighted by Gasteiger charge is -2.40. The average Bonchev–Trinajstić information content (AvgIpc) is 2.61. The van der Waals surface area contributed by atoms with E-state index < -0.39 is 0 Å². The summed E-state index contributed by atoms with van der Waals surface area (Å²) in [5.74, 6) is 0. The Kier molecular flexibility index (Phi) is 5.12. The number of nitrogens with one attached hydrogen (secondary N) is 1. The molecule has 0 aliphatic heterocycles. The van der Waals surface area contributed by atoms with E-state index in [1.807, 2.05) is 0 Å². The fourth-order valence-electron chi connectivity index (χ4n) is 3.51. The zero-order valence-electron chi connectivity index (χ0n) is 13.4. The SMILES string of the molecule is CN(c1ccccc1)[C@H]1CCCC[C@@H]1NCc1ccccc1. The van der Waals surface area contributed by atoms with Crippen LogP contribution in [0, 0.1) is 0 Å². The van der Waals surface area contributed by atoms with Crippen molar-refractivity contribution in [1.29, 1.82) is 0 Å². The van der Waals surface area contributed by atoms with Crippen molar-refractivity contribution in [2.45, 2.75) is 44.3 Å². The summed E-state index contributed by atoms with van der Waals surface area (Å²) in [7, 11) is 2.24. The first-order valence-corrected chi connectivity index (χ1v) is 8.40. The van der Waals surface area contributed by atoms with Crippen LogP contribution in [0.2, 0.25) is 0 Å². The number of benzene rings is 2. The molecule has 3 rings (SSSR count). The predicted octanol–water partition coefficient (Wildman–Crippen LogP) is 4.22. The summed E-state index contributed by atoms with van der Waals surface area (Å²) in [5.41, 5.74) is 2.69. The number of hydrogen-bond donors (Lipinski definition) is 1. The fourth-order valence-corrected chi connectivity index (χ4v) is 3.51. The minimum Gasteiger partial charge on any atom is -0.370 e. The van der Waals surface area contributed by atoms with E-state index in [-0.39, 0.29) is 0 Å². The third-order valence-electron chi connectivity index (χ3n) is 4.80. The van der Waals surface area contributed by atoms with Crippen molar-refractivity contribution in [3.05, 3.63) is 66.2 Å². The molecule has 1 fully saturated rings. The van der Waals surface area contributed by atoms with Crippen molar-refractivity contribution in [2.75, 3.05) is 11.9 Å². The highest BCUT2D eigenvalue weighted by atomic mass is 15.2. The minimum atomic E-state index is 0.569. The Morgan fingerprint density at radius 1 is 0.909 bits per heavy atom. The Morgan fingerprint density at radius 2 is 1.55 bits per heavy atom. The van der Waals surface area contributed by atoms with Crippen LogP contribution in [0.1, 0.15) is 31.2 Å². The lowest BCUT2D eigenvalue weighted by Crippen LogP contribution is -2.50. The molecule has 116 valence electrons. The standard InChI is InChI=1S/C20H26N2/c1-22(18-12-6-3-7-13-18)20-15-9-8-14-19(20)21-16-17-10-4-2-5-11-17/h2-7,10-13,19-21H,8-9,14-16H2,1H3/t19-,20-/m0/s1. The molecule has 1 aliphatic rings. The van der Waals surface area contributed by atoms with Gasteiger partial charge in [-0.2, -0.15) is 0 Å². The van der Waals surface area contributed by atoms with E-state index in [4.69, 9.17) is 0 Å². The van der Waals surface area contributed by atoms with E-state index in [2.05, 4.69) is 77.9 Å². The summed E-state index contributed by atoms with van der Waals surface area (Å²) in [6, 6.07) is 22.6. The van der Waals surface area contributed by atoms with Gasteiger partial charge in [0.1, 0.15) is 0 Å². The van der Waals surface area contributed by atoms with Gasteiger partial charge in [-0.15, -0.1) is 0 Å². The maximum absolute atomic E-state index is 3.80. The molecular formula is C20H26N2. The second kappa shape index (κ2) is 7.46. The molecule has 2 nitrogen and oxygen atoms in total. The van der Waals surface area contributed by atoms with Crippen molar-refractivity contribution in [3.8, 4) is 0 Å². The molecule has 2 heteroatoms. The molecule has 0 radical (unpaired) electrons. The number of para-hydroxylation sites is 1. The van der Waals surface area contributed by atoms with Crippen LogP contribution in [-0.2, 0) is 6.54 Å². The monoisotopic (exact) mass is 294 g/mol. The first-order valence-electron chi connectivity index (χ1n) is 8.40. The van der Waals surface area contributed by atoms with Crippen molar-refractivity contribution in [1.82, 2.24) is 5.32 Å². The molecule has 0 amide bonds. The Labute approximate surface area is 134 Å². The van der Waals surface area contributed by atoms with Crippen molar-refractivity contribution < 1.29 is 0 Å². The van der Waals surface area contributed by atoms with Crippen LogP contribution < -0.4 is 10.2 Å². The normalized spacial score (nSPS) is 21.5. The molecule has 0 saturated heterocycles. The average molecular weight is 294 g/mol. The first-order chi connectivity index (χ1) is 10.8. The molecule has 2 atom stereocenters. The Morgan fingerprint density at radius 3 is 2.27 bits per heavy atom. The summed E-state index contributed by atoms with van der Waals surface area (Å²) < 4.78 is 0. The molecule has 1 aliphatic carbocycles. The highest BCUT2D eigenvalue weighted by Gasteiger charge is 2.28. The molecule has 0 spiro atoms. The highest BCUT2D eigenvalue weighted by molar-refractivity contribution is 5.46. The van der Waals surface area contributed by atoms with Gasteiger partial charge in [-0.25, -0.2) is 0 Å². The van der Waals surface area contributed by atoms with Gasteiger partial charge in [0.25, 0.3) is 0 Å². The Balaban J connectivity index is 1.66. The van der Waals surface area contributed by atoms with Gasteiger partial charge in [-0.1, -0.05) is 61.4 Å². The number of nitrogens with zero attached hydrogens (tertiary/aromatic N) is 1. The van der Waals surface area contributed by atoms with Crippen LogP contribution in [0.4, 0.5) is 5.69 Å². The fraction of sp³-hybridized carbons (Fsp3) is 0.400. The molecule has 0 unspecified atom stereocenters. The van der Waals surface area contributed by atoms with Gasteiger partial charge < -0.3 is 10.2 Å². The molecule has 0 bridgehead atoms. The molecule has 22 heavy (non-hydrogen) atoms. The molecule has 0 heterocycles. The molecule has 1 N–H and O–H groups in total. The zero-order valence-corrected chi connectivity index (χ0v) is 13.4. The largest absolute Gasteiger partial charge is 0.370 e. The van der Waals surface area contributed by atoms with E-state index in [0.717, 1.165) is 6.54 Å². The van der Waals surface area contributed by atoms with E-state index >= 15 is 0 Å². The van der Waals surface area contributed by atoms with Gasteiger partial charge in [0.2, 0.25) is 0 Å². The maximum Gasteiger partial charge on any atom is 0.0440 e. The summed E-state index contributed by atoms with van der Waals surface area (Å²) >= 11 is 0. The van der Waals surface area contributed by atoms with Gasteiger partial charge in [-0.05, 0) is 30.5 Å². The summed E-state index contributed by atoms with van der Waals surface area (Å²) in [4.78, 5) is 2.46. The van der Waals surface area contributed by atoms with Crippen molar-refractivity contribution in [2.24, 2.45) is 0 Å². The summed E-state index contributed by atoms with van der Waals surface area (Å²) in [6.07, 6.45) is 5.23. The van der Waals surface area contributed by atoms with E-state index in [1.54, 1.807) is 0 Å². The third kappa shape index (κ3) is 3.69. The molecule has 2 aromatic carbocycles. The lowest BCUT2D eigenvalue weighted by atomic mass is 9.89. The van der Waals surface area contributed by atoms with Crippen LogP contribution in [0.25, 0.3) is 0 Å². The van der Waals surface area contributed by atoms with Crippen LogP contribution in [0.5, 0.6) is 0 Å². The van der Waals surface area contributed by atoms with Crippen LogP contribution in [0.15, 0.2) is 60.7 Å². The summed E-state index contributed by atoms with van der Waals surface area (Å²) in [6.45, 7) is 0.963. The van der Waals surface area contributed by atoms with Crippen molar-refractivity contribution >= 4 is 5.69 Å². The second-order valence-electron chi connectivity index (χ2n) is 6.27. The topological polar surface area (TPSA) is 15.3 Å². The zero-order chi connectivity index (χ0) is 15.2. The van der Waals surface area contributed by atoms with Gasteiger partial charge in [0.05, 0.1) is 0 Å². The van der Waals surface area contributed by atoms with Gasteiger partial charge >= 0.3 is 0 Å². The molecule has 2 aromatic rings. The molecular weight excluding hydrogens is 268 g/mol. The second-order valence-corrected chi connectivity index (χ2v) is 6.27. The van der Waals surface area contributed by atoms with E-state index in [9.17, 15) is 0 Å². The van der Waals surface area contributed by atoms with Crippen LogP contribution >= 0.6 is 0 Å². The number of likely N-dealkylation sites (N-methyl/N-ethyl adjacent to an activating group) is 1. The lowest BCUT2D eigenvalue weighted by molar-refractivity contribution is 0.318. The van der Waals surface area contributed by atoms with Gasteiger partial charge in [0.15, 0.2) is 0 Å². The summed E-state index contributed by atoms with van der Waals surface area (Å²) in [5, 5.41) is 3.80. The van der Waals surface area contributed by atoms with E-state index in [1.165, 1.54) is 36.9 Å². The maximum atomic E-state index is 3.80. The van der Waals surface area contributed by atoms with Gasteiger partial charge in [0, 0.05) is 31.4 Å². The smallest absolute Gasteiger partial charge is 0.0440 e. The number of anilines is 1. The Hall–Kier alpha value is -1.80. The van der Waals surface area contributed by atoms with Crippen LogP contribution in [-0.4, -0.2) is 19.1 Å². The minimum absolute atomic E-state index is 0.569. The Bertz CT molecular complexity index is 552. The van der Waals surface area contributed by atoms with Gasteiger partial charge in [-0.3, -0.25) is 0 Å². The molecule has 1 saturated carbocycles. The number of rotatable bonds is 5. The predicted molar refractivity (Wildman–Crippen MR) is 94.2 cm³/mol. The number of hydrogen-bond acceptors (Lipinski definition) is 2. The van der Waals surface area contributed by atoms with E-state index in [0.29, 0.717) is 12.1 Å². The first kappa shape index (κ1) is 15.1. The third-order valence-corrected chi connectivity index (χ3v) is 4.80. The van der Waals surface area contributed by atoms with Crippen molar-refractivity contribution in [3.63, 3.8) is 0 Å². The molecule has 0 aromatic heterocycles. The quantitative estimate of drug-likeness (QED) is 0.888.